The molecule has 2 heterocycles. The number of nitrogens with zero attached hydrogens (tertiary/aromatic N) is 2. The van der Waals surface area contributed by atoms with Crippen LogP contribution in [0.2, 0.25) is 0 Å². The van der Waals surface area contributed by atoms with E-state index in [9.17, 15) is 9.59 Å². The van der Waals surface area contributed by atoms with E-state index < -0.39 is 11.5 Å². The fourth-order valence-electron chi connectivity index (χ4n) is 1.70. The van der Waals surface area contributed by atoms with E-state index in [2.05, 4.69) is 9.97 Å². The summed E-state index contributed by atoms with van der Waals surface area (Å²) in [6.07, 6.45) is 1.54. The topological polar surface area (TPSA) is 95.8 Å². The van der Waals surface area contributed by atoms with Gasteiger partial charge in [-0.25, -0.2) is 4.79 Å². The molecule has 0 aliphatic rings. The van der Waals surface area contributed by atoms with Crippen LogP contribution in [0.5, 0.6) is 0 Å². The van der Waals surface area contributed by atoms with Crippen molar-refractivity contribution in [1.82, 2.24) is 9.97 Å². The molecule has 2 aromatic heterocycles. The number of nitriles is 1. The van der Waals surface area contributed by atoms with Crippen LogP contribution in [0.3, 0.4) is 0 Å². The first kappa shape index (κ1) is 13.5. The molecule has 0 unspecified atom stereocenters. The minimum Gasteiger partial charge on any atom is -0.462 e. The fraction of sp³-hybridized carbons (Fsp3) is 0.143. The molecule has 0 saturated heterocycles. The summed E-state index contributed by atoms with van der Waals surface area (Å²) in [5, 5.41) is 8.88. The Morgan fingerprint density at radius 1 is 1.50 bits per heavy atom. The van der Waals surface area contributed by atoms with Gasteiger partial charge in [0.2, 0.25) is 0 Å². The molecule has 0 atom stereocenters. The molecular weight excluding hydrogens is 258 g/mol. The van der Waals surface area contributed by atoms with Gasteiger partial charge in [-0.3, -0.25) is 9.78 Å². The number of hydrogen-bond donors (Lipinski definition) is 1. The Bertz CT molecular complexity index is 730. The Balaban J connectivity index is 2.67. The number of carbonyl (C=O) groups excluding carboxylic acids is 1. The highest BCUT2D eigenvalue weighted by atomic mass is 16.5. The van der Waals surface area contributed by atoms with Crippen molar-refractivity contribution in [2.75, 3.05) is 6.61 Å². The van der Waals surface area contributed by atoms with Crippen molar-refractivity contribution in [2.24, 2.45) is 0 Å². The Morgan fingerprint density at radius 2 is 2.30 bits per heavy atom. The average Bonchev–Trinajstić information content (AvgIpc) is 2.48. The van der Waals surface area contributed by atoms with Crippen molar-refractivity contribution in [3.8, 4) is 17.5 Å². The van der Waals surface area contributed by atoms with Crippen LogP contribution in [0.15, 0.2) is 35.3 Å². The van der Waals surface area contributed by atoms with Gasteiger partial charge in [0.05, 0.1) is 23.6 Å². The van der Waals surface area contributed by atoms with E-state index in [0.717, 1.165) is 0 Å². The fourth-order valence-corrected chi connectivity index (χ4v) is 1.70. The molecule has 1 N–H and O–H groups in total. The minimum atomic E-state index is -0.610. The summed E-state index contributed by atoms with van der Waals surface area (Å²) in [5.74, 6) is -0.610. The number of H-pyrrole nitrogens is 1. The molecule has 0 fully saturated rings. The zero-order chi connectivity index (χ0) is 14.5. The van der Waals surface area contributed by atoms with E-state index in [1.807, 2.05) is 0 Å². The van der Waals surface area contributed by atoms with Crippen molar-refractivity contribution in [3.05, 3.63) is 51.9 Å². The van der Waals surface area contributed by atoms with Gasteiger partial charge in [0.25, 0.3) is 5.56 Å². The monoisotopic (exact) mass is 269 g/mol. The summed E-state index contributed by atoms with van der Waals surface area (Å²) in [4.78, 5) is 30.3. The number of rotatable bonds is 3. The molecule has 0 bridgehead atoms. The number of nitrogens with one attached hydrogen (secondary N) is 1. The van der Waals surface area contributed by atoms with Gasteiger partial charge < -0.3 is 9.72 Å². The zero-order valence-corrected chi connectivity index (χ0v) is 10.7. The minimum absolute atomic E-state index is 0.113. The molecule has 0 radical (unpaired) electrons. The molecule has 0 aliphatic heterocycles. The smallest absolute Gasteiger partial charge is 0.340 e. The summed E-state index contributed by atoms with van der Waals surface area (Å²) in [6, 6.07) is 8.06. The van der Waals surface area contributed by atoms with E-state index in [-0.39, 0.29) is 23.4 Å². The molecule has 0 saturated carbocycles. The quantitative estimate of drug-likeness (QED) is 0.851. The van der Waals surface area contributed by atoms with E-state index >= 15 is 0 Å². The van der Waals surface area contributed by atoms with Crippen molar-refractivity contribution >= 4 is 5.97 Å². The normalized spacial score (nSPS) is 9.80. The lowest BCUT2D eigenvalue weighted by Gasteiger charge is -2.08. The molecule has 100 valence electrons. The van der Waals surface area contributed by atoms with Crippen LogP contribution in [-0.4, -0.2) is 22.5 Å². The molecule has 6 heteroatoms. The number of hydrogen-bond acceptors (Lipinski definition) is 5. The molecule has 0 aliphatic carbocycles. The predicted molar refractivity (Wildman–Crippen MR) is 71.0 cm³/mol. The Morgan fingerprint density at radius 3 is 2.90 bits per heavy atom. The highest BCUT2D eigenvalue weighted by Crippen LogP contribution is 2.19. The molecular formula is C14H11N3O3. The van der Waals surface area contributed by atoms with Gasteiger partial charge in [0.15, 0.2) is 0 Å². The zero-order valence-electron chi connectivity index (χ0n) is 10.7. The second kappa shape index (κ2) is 5.80. The van der Waals surface area contributed by atoms with E-state index in [1.54, 1.807) is 37.4 Å². The second-order valence-electron chi connectivity index (χ2n) is 3.85. The van der Waals surface area contributed by atoms with Crippen LogP contribution in [0.4, 0.5) is 0 Å². The van der Waals surface area contributed by atoms with E-state index in [1.165, 1.54) is 6.07 Å². The summed E-state index contributed by atoms with van der Waals surface area (Å²) >= 11 is 0. The SMILES string of the molecule is CCOC(=O)c1cc(C#N)c(=O)[nH]c1-c1ccccn1. The molecule has 20 heavy (non-hydrogen) atoms. The van der Waals surface area contributed by atoms with Gasteiger partial charge >= 0.3 is 5.97 Å². The first-order chi connectivity index (χ1) is 9.67. The third-order valence-corrected chi connectivity index (χ3v) is 2.58. The van der Waals surface area contributed by atoms with Gasteiger partial charge in [0, 0.05) is 6.20 Å². The van der Waals surface area contributed by atoms with Crippen LogP contribution in [0.1, 0.15) is 22.8 Å². The predicted octanol–water partition coefficient (Wildman–Crippen LogP) is 1.49. The van der Waals surface area contributed by atoms with Crippen LogP contribution >= 0.6 is 0 Å². The van der Waals surface area contributed by atoms with Crippen molar-refractivity contribution in [2.45, 2.75) is 6.92 Å². The first-order valence-corrected chi connectivity index (χ1v) is 5.93. The number of carbonyl (C=O) groups is 1. The highest BCUT2D eigenvalue weighted by molar-refractivity contribution is 5.96. The third-order valence-electron chi connectivity index (χ3n) is 2.58. The lowest BCUT2D eigenvalue weighted by atomic mass is 10.1. The number of aromatic amines is 1. The number of pyridine rings is 2. The average molecular weight is 269 g/mol. The maximum absolute atomic E-state index is 11.9. The molecule has 6 nitrogen and oxygen atoms in total. The summed E-state index contributed by atoms with van der Waals surface area (Å²) in [5.41, 5.74) is 0.0702. The van der Waals surface area contributed by atoms with Crippen molar-refractivity contribution in [1.29, 1.82) is 5.26 Å². The summed E-state index contributed by atoms with van der Waals surface area (Å²) in [7, 11) is 0. The van der Waals surface area contributed by atoms with Gasteiger partial charge in [-0.1, -0.05) is 6.07 Å². The van der Waals surface area contributed by atoms with Gasteiger partial charge in [-0.05, 0) is 25.1 Å². The second-order valence-corrected chi connectivity index (χ2v) is 3.85. The standard InChI is InChI=1S/C14H11N3O3/c1-2-20-14(19)10-7-9(8-15)13(18)17-12(10)11-5-3-4-6-16-11/h3-7H,2H2,1H3,(H,17,18). The van der Waals surface area contributed by atoms with Crippen LogP contribution < -0.4 is 5.56 Å². The number of aromatic nitrogens is 2. The Labute approximate surface area is 114 Å². The lowest BCUT2D eigenvalue weighted by molar-refractivity contribution is 0.0526. The molecule has 2 aromatic rings. The third kappa shape index (κ3) is 2.57. The van der Waals surface area contributed by atoms with Gasteiger partial charge in [-0.15, -0.1) is 0 Å². The van der Waals surface area contributed by atoms with Gasteiger partial charge in [-0.2, -0.15) is 5.26 Å². The molecule has 0 aromatic carbocycles. The maximum Gasteiger partial charge on any atom is 0.340 e. The Kier molecular flexibility index (Phi) is 3.91. The Hall–Kier alpha value is -2.94. The number of esters is 1. The largest absolute Gasteiger partial charge is 0.462 e. The van der Waals surface area contributed by atoms with Crippen LogP contribution in [0, 0.1) is 11.3 Å². The van der Waals surface area contributed by atoms with Crippen molar-refractivity contribution < 1.29 is 9.53 Å². The lowest BCUT2D eigenvalue weighted by Crippen LogP contribution is -2.17. The first-order valence-electron chi connectivity index (χ1n) is 5.93. The summed E-state index contributed by atoms with van der Waals surface area (Å²) in [6.45, 7) is 1.87. The van der Waals surface area contributed by atoms with E-state index in [0.29, 0.717) is 5.69 Å². The maximum atomic E-state index is 11.9. The van der Waals surface area contributed by atoms with E-state index in [4.69, 9.17) is 10.00 Å². The van der Waals surface area contributed by atoms with Crippen molar-refractivity contribution in [3.63, 3.8) is 0 Å². The summed E-state index contributed by atoms with van der Waals surface area (Å²) < 4.78 is 4.93. The highest BCUT2D eigenvalue weighted by Gasteiger charge is 2.18. The van der Waals surface area contributed by atoms with Crippen LogP contribution in [0.25, 0.3) is 11.4 Å². The number of ether oxygens (including phenoxy) is 1. The molecule has 0 amide bonds. The molecule has 0 spiro atoms. The van der Waals surface area contributed by atoms with Crippen LogP contribution in [-0.2, 0) is 4.74 Å². The van der Waals surface area contributed by atoms with Gasteiger partial charge in [0.1, 0.15) is 11.6 Å². The molecule has 2 rings (SSSR count).